The molecule has 92 valence electrons. The van der Waals surface area contributed by atoms with Crippen LogP contribution in [0.15, 0.2) is 0 Å². The lowest BCUT2D eigenvalue weighted by Crippen LogP contribution is -2.40. The van der Waals surface area contributed by atoms with Crippen molar-refractivity contribution in [3.63, 3.8) is 0 Å². The summed E-state index contributed by atoms with van der Waals surface area (Å²) in [5.74, 6) is 0.566. The molecule has 0 aliphatic heterocycles. The van der Waals surface area contributed by atoms with Crippen LogP contribution in [0.3, 0.4) is 0 Å². The quantitative estimate of drug-likeness (QED) is 0.548. The van der Waals surface area contributed by atoms with Gasteiger partial charge >= 0.3 is 0 Å². The molecule has 15 heavy (non-hydrogen) atoms. The molecule has 0 heterocycles. The Morgan fingerprint density at radius 2 is 1.87 bits per heavy atom. The average Bonchev–Trinajstić information content (AvgIpc) is 2.01. The minimum atomic E-state index is -3.25. The third kappa shape index (κ3) is 7.11. The summed E-state index contributed by atoms with van der Waals surface area (Å²) in [6.07, 6.45) is 1.25. The lowest BCUT2D eigenvalue weighted by Gasteiger charge is -2.24. The Labute approximate surface area is 97.3 Å². The molecule has 0 aromatic heterocycles. The van der Waals surface area contributed by atoms with Crippen molar-refractivity contribution >= 4 is 21.6 Å². The van der Waals surface area contributed by atoms with Gasteiger partial charge in [-0.2, -0.15) is 0 Å². The highest BCUT2D eigenvalue weighted by Crippen LogP contribution is 2.09. The maximum atomic E-state index is 11.7. The van der Waals surface area contributed by atoms with Crippen LogP contribution in [0, 0.1) is 0 Å². The molecule has 0 radical (unpaired) electrons. The zero-order chi connectivity index (χ0) is 12.1. The first kappa shape index (κ1) is 15.2. The first-order valence-corrected chi connectivity index (χ1v) is 7.06. The summed E-state index contributed by atoms with van der Waals surface area (Å²) in [6.45, 7) is 3.27. The van der Waals surface area contributed by atoms with Crippen LogP contribution < -0.4 is 0 Å². The summed E-state index contributed by atoms with van der Waals surface area (Å²) < 4.78 is 24.5. The number of rotatable bonds is 7. The maximum Gasteiger partial charge on any atom is 0.213 e. The van der Waals surface area contributed by atoms with E-state index in [0.29, 0.717) is 18.7 Å². The zero-order valence-electron chi connectivity index (χ0n) is 9.53. The Morgan fingerprint density at radius 3 is 2.27 bits per heavy atom. The molecule has 0 aromatic rings. The smallest absolute Gasteiger partial charge is 0.213 e. The number of hydrogen-bond donors (Lipinski definition) is 1. The Hall–Kier alpha value is 0.160. The van der Waals surface area contributed by atoms with E-state index in [1.165, 1.54) is 11.4 Å². The summed E-state index contributed by atoms with van der Waals surface area (Å²) >= 11 is 5.47. The molecular weight excluding hydrogens is 238 g/mol. The molecule has 1 N–H and O–H groups in total. The van der Waals surface area contributed by atoms with E-state index in [4.69, 9.17) is 11.6 Å². The van der Waals surface area contributed by atoms with Crippen molar-refractivity contribution in [3.8, 4) is 0 Å². The first-order chi connectivity index (χ1) is 6.69. The fourth-order valence-electron chi connectivity index (χ4n) is 1.18. The predicted molar refractivity (Wildman–Crippen MR) is 62.7 cm³/mol. The van der Waals surface area contributed by atoms with Gasteiger partial charge in [-0.05, 0) is 26.7 Å². The molecule has 0 saturated heterocycles. The van der Waals surface area contributed by atoms with Crippen LogP contribution in [0.2, 0.25) is 0 Å². The molecule has 0 rings (SSSR count). The van der Waals surface area contributed by atoms with E-state index >= 15 is 0 Å². The second kappa shape index (κ2) is 6.03. The average molecular weight is 258 g/mol. The van der Waals surface area contributed by atoms with Crippen LogP contribution in [-0.2, 0) is 10.0 Å². The molecule has 0 aromatic carbocycles. The highest BCUT2D eigenvalue weighted by Gasteiger charge is 2.23. The van der Waals surface area contributed by atoms with Crippen molar-refractivity contribution in [2.45, 2.75) is 32.3 Å². The monoisotopic (exact) mass is 257 g/mol. The van der Waals surface area contributed by atoms with Crippen LogP contribution in [0.1, 0.15) is 26.7 Å². The Kier molecular flexibility index (Phi) is 6.10. The van der Waals surface area contributed by atoms with Gasteiger partial charge in [-0.25, -0.2) is 12.7 Å². The number of nitrogens with zero attached hydrogens (tertiary/aromatic N) is 1. The van der Waals surface area contributed by atoms with Gasteiger partial charge in [0.25, 0.3) is 0 Å². The van der Waals surface area contributed by atoms with Gasteiger partial charge in [0, 0.05) is 19.5 Å². The first-order valence-electron chi connectivity index (χ1n) is 4.91. The van der Waals surface area contributed by atoms with E-state index in [-0.39, 0.29) is 12.3 Å². The SMILES string of the molecule is CN(CC(C)(C)O)S(=O)(=O)CCCCCl. The standard InChI is InChI=1S/C9H20ClNO3S/c1-9(2,12)8-11(3)15(13,14)7-5-4-6-10/h12H,4-8H2,1-3H3. The third-order valence-corrected chi connectivity index (χ3v) is 4.02. The van der Waals surface area contributed by atoms with Crippen molar-refractivity contribution in [2.24, 2.45) is 0 Å². The second-order valence-electron chi connectivity index (χ2n) is 4.28. The van der Waals surface area contributed by atoms with E-state index < -0.39 is 15.6 Å². The molecule has 0 bridgehead atoms. The molecule has 0 aliphatic carbocycles. The largest absolute Gasteiger partial charge is 0.389 e. The number of unbranched alkanes of at least 4 members (excludes halogenated alkanes) is 1. The Balaban J connectivity index is 4.21. The predicted octanol–water partition coefficient (Wildman–Crippen LogP) is 1.04. The van der Waals surface area contributed by atoms with Gasteiger partial charge in [-0.3, -0.25) is 0 Å². The summed E-state index contributed by atoms with van der Waals surface area (Å²) in [5, 5.41) is 9.50. The van der Waals surface area contributed by atoms with Gasteiger partial charge in [0.15, 0.2) is 0 Å². The normalized spacial score (nSPS) is 13.5. The molecule has 0 fully saturated rings. The number of aliphatic hydroxyl groups is 1. The maximum absolute atomic E-state index is 11.7. The van der Waals surface area contributed by atoms with Gasteiger partial charge in [0.05, 0.1) is 11.4 Å². The summed E-state index contributed by atoms with van der Waals surface area (Å²) in [5.41, 5.74) is -1.01. The van der Waals surface area contributed by atoms with Crippen molar-refractivity contribution in [3.05, 3.63) is 0 Å². The summed E-state index contributed by atoms with van der Waals surface area (Å²) in [4.78, 5) is 0. The minimum absolute atomic E-state index is 0.0896. The van der Waals surface area contributed by atoms with E-state index in [2.05, 4.69) is 0 Å². The van der Waals surface area contributed by atoms with Gasteiger partial charge < -0.3 is 5.11 Å². The van der Waals surface area contributed by atoms with E-state index in [1.54, 1.807) is 13.8 Å². The van der Waals surface area contributed by atoms with Gasteiger partial charge in [0.2, 0.25) is 10.0 Å². The van der Waals surface area contributed by atoms with Crippen LogP contribution in [0.5, 0.6) is 0 Å². The highest BCUT2D eigenvalue weighted by molar-refractivity contribution is 7.89. The molecule has 0 saturated carbocycles. The van der Waals surface area contributed by atoms with Crippen molar-refractivity contribution < 1.29 is 13.5 Å². The van der Waals surface area contributed by atoms with Crippen molar-refractivity contribution in [2.75, 3.05) is 25.2 Å². The number of alkyl halides is 1. The summed E-state index contributed by atoms with van der Waals surface area (Å²) in [6, 6.07) is 0. The van der Waals surface area contributed by atoms with Gasteiger partial charge in [-0.15, -0.1) is 11.6 Å². The fourth-order valence-corrected chi connectivity index (χ4v) is 2.76. The molecule has 0 aliphatic rings. The van der Waals surface area contributed by atoms with Crippen LogP contribution in [0.4, 0.5) is 0 Å². The third-order valence-electron chi connectivity index (χ3n) is 1.87. The molecule has 0 atom stereocenters. The molecule has 4 nitrogen and oxygen atoms in total. The number of likely N-dealkylation sites (N-methyl/N-ethyl adjacent to an activating group) is 1. The Bertz CT molecular complexity index is 272. The van der Waals surface area contributed by atoms with Crippen LogP contribution in [0.25, 0.3) is 0 Å². The minimum Gasteiger partial charge on any atom is -0.389 e. The van der Waals surface area contributed by atoms with E-state index in [9.17, 15) is 13.5 Å². The molecule has 0 unspecified atom stereocenters. The van der Waals surface area contributed by atoms with Crippen LogP contribution >= 0.6 is 11.6 Å². The lowest BCUT2D eigenvalue weighted by molar-refractivity contribution is 0.0640. The zero-order valence-corrected chi connectivity index (χ0v) is 11.1. The highest BCUT2D eigenvalue weighted by atomic mass is 35.5. The molecule has 0 spiro atoms. The van der Waals surface area contributed by atoms with E-state index in [0.717, 1.165) is 0 Å². The number of hydrogen-bond acceptors (Lipinski definition) is 3. The van der Waals surface area contributed by atoms with Crippen molar-refractivity contribution in [1.82, 2.24) is 4.31 Å². The van der Waals surface area contributed by atoms with Gasteiger partial charge in [0.1, 0.15) is 0 Å². The number of halogens is 1. The Morgan fingerprint density at radius 1 is 1.33 bits per heavy atom. The summed E-state index contributed by atoms with van der Waals surface area (Å²) in [7, 11) is -1.77. The number of sulfonamides is 1. The second-order valence-corrected chi connectivity index (χ2v) is 6.85. The van der Waals surface area contributed by atoms with Crippen molar-refractivity contribution in [1.29, 1.82) is 0 Å². The fraction of sp³-hybridized carbons (Fsp3) is 1.00. The lowest BCUT2D eigenvalue weighted by atomic mass is 10.1. The molecular formula is C9H20ClNO3S. The van der Waals surface area contributed by atoms with Gasteiger partial charge in [-0.1, -0.05) is 0 Å². The van der Waals surface area contributed by atoms with Crippen LogP contribution in [-0.4, -0.2) is 48.7 Å². The molecule has 0 amide bonds. The van der Waals surface area contributed by atoms with E-state index in [1.807, 2.05) is 0 Å². The molecule has 6 heteroatoms. The topological polar surface area (TPSA) is 57.6 Å².